The van der Waals surface area contributed by atoms with Crippen LogP contribution in [-0.2, 0) is 14.3 Å². The summed E-state index contributed by atoms with van der Waals surface area (Å²) >= 11 is 0. The highest BCUT2D eigenvalue weighted by Gasteiger charge is 2.28. The number of nitrogens with one attached hydrogen (secondary N) is 2. The average Bonchev–Trinajstić information content (AvgIpc) is 3.16. The number of amides is 2. The van der Waals surface area contributed by atoms with Gasteiger partial charge in [0.15, 0.2) is 5.82 Å². The van der Waals surface area contributed by atoms with Gasteiger partial charge in [-0.15, -0.1) is 0 Å². The number of aromatic nitrogens is 2. The summed E-state index contributed by atoms with van der Waals surface area (Å²) in [5.41, 5.74) is 0.931. The van der Waals surface area contributed by atoms with Gasteiger partial charge in [-0.05, 0) is 32.9 Å². The molecule has 172 valence electrons. The molecule has 2 amide bonds. The normalized spacial score (nSPS) is 10.9. The molecule has 2 aromatic carbocycles. The van der Waals surface area contributed by atoms with Crippen LogP contribution in [0.1, 0.15) is 31.1 Å². The van der Waals surface area contributed by atoms with Crippen molar-refractivity contribution in [1.82, 2.24) is 15.1 Å². The molecule has 0 spiro atoms. The number of methoxy groups -OCH3 is 1. The topological polar surface area (TPSA) is 112 Å². The largest absolute Gasteiger partial charge is 0.468 e. The Kier molecular flexibility index (Phi) is 7.12. The molecule has 0 aliphatic heterocycles. The van der Waals surface area contributed by atoms with Gasteiger partial charge in [-0.1, -0.05) is 48.5 Å². The van der Waals surface area contributed by atoms with Crippen LogP contribution >= 0.6 is 0 Å². The van der Waals surface area contributed by atoms with Crippen molar-refractivity contribution in [3.63, 3.8) is 0 Å². The minimum atomic E-state index is -0.753. The molecule has 9 heteroatoms. The minimum Gasteiger partial charge on any atom is -0.468 e. The molecule has 0 aliphatic rings. The monoisotopic (exact) mass is 450 g/mol. The van der Waals surface area contributed by atoms with Crippen LogP contribution < -0.4 is 10.6 Å². The Bertz CT molecular complexity index is 1130. The maximum Gasteiger partial charge on any atom is 0.413 e. The second-order valence-corrected chi connectivity index (χ2v) is 8.07. The fourth-order valence-electron chi connectivity index (χ4n) is 3.02. The Labute approximate surface area is 191 Å². The van der Waals surface area contributed by atoms with E-state index in [1.165, 1.54) is 11.8 Å². The molecular formula is C24H26N4O5. The van der Waals surface area contributed by atoms with Crippen molar-refractivity contribution < 1.29 is 23.9 Å². The number of carbonyl (C=O) groups is 3. The number of para-hydroxylation sites is 1. The predicted octanol–water partition coefficient (Wildman–Crippen LogP) is 3.79. The quantitative estimate of drug-likeness (QED) is 0.553. The standard InChI is InChI=1S/C24H26N4O5/c1-24(2,3)33-23(31)26-21-19(22(30)25-15-18(29)32-4)20(16-11-7-5-8-12-16)27-28(21)17-13-9-6-10-14-17/h5-14H,15H2,1-4H3,(H,25,30)(H,26,31). The fourth-order valence-corrected chi connectivity index (χ4v) is 3.02. The lowest BCUT2D eigenvalue weighted by Crippen LogP contribution is -2.32. The van der Waals surface area contributed by atoms with Crippen molar-refractivity contribution in [2.24, 2.45) is 0 Å². The van der Waals surface area contributed by atoms with Gasteiger partial charge in [0.25, 0.3) is 5.91 Å². The van der Waals surface area contributed by atoms with Gasteiger partial charge in [-0.2, -0.15) is 5.10 Å². The van der Waals surface area contributed by atoms with E-state index in [1.807, 2.05) is 36.4 Å². The van der Waals surface area contributed by atoms with Gasteiger partial charge in [0.05, 0.1) is 12.8 Å². The van der Waals surface area contributed by atoms with Gasteiger partial charge in [0.2, 0.25) is 0 Å². The van der Waals surface area contributed by atoms with E-state index in [9.17, 15) is 14.4 Å². The van der Waals surface area contributed by atoms with Crippen LogP contribution in [0.5, 0.6) is 0 Å². The zero-order valence-electron chi connectivity index (χ0n) is 18.9. The summed E-state index contributed by atoms with van der Waals surface area (Å²) in [4.78, 5) is 37.5. The molecule has 0 saturated carbocycles. The predicted molar refractivity (Wildman–Crippen MR) is 123 cm³/mol. The molecule has 0 fully saturated rings. The third kappa shape index (κ3) is 5.97. The van der Waals surface area contributed by atoms with E-state index >= 15 is 0 Å². The first-order valence-electron chi connectivity index (χ1n) is 10.3. The SMILES string of the molecule is COC(=O)CNC(=O)c1c(-c2ccccc2)nn(-c2ccccc2)c1NC(=O)OC(C)(C)C. The Morgan fingerprint density at radius 3 is 2.15 bits per heavy atom. The number of anilines is 1. The van der Waals surface area contributed by atoms with Gasteiger partial charge in [0.1, 0.15) is 23.4 Å². The van der Waals surface area contributed by atoms with E-state index in [4.69, 9.17) is 4.74 Å². The molecule has 0 radical (unpaired) electrons. The molecule has 3 rings (SSSR count). The molecule has 2 N–H and O–H groups in total. The third-order valence-corrected chi connectivity index (χ3v) is 4.40. The smallest absolute Gasteiger partial charge is 0.413 e. The lowest BCUT2D eigenvalue weighted by molar-refractivity contribution is -0.139. The number of esters is 1. The zero-order valence-corrected chi connectivity index (χ0v) is 18.9. The Morgan fingerprint density at radius 2 is 1.58 bits per heavy atom. The van der Waals surface area contributed by atoms with Crippen molar-refractivity contribution in [1.29, 1.82) is 0 Å². The minimum absolute atomic E-state index is 0.0832. The van der Waals surface area contributed by atoms with Crippen LogP contribution in [0.25, 0.3) is 16.9 Å². The van der Waals surface area contributed by atoms with Crippen LogP contribution in [0.3, 0.4) is 0 Å². The van der Waals surface area contributed by atoms with Crippen LogP contribution in [0, 0.1) is 0 Å². The zero-order chi connectivity index (χ0) is 24.0. The van der Waals surface area contributed by atoms with Gasteiger partial charge in [-0.25, -0.2) is 9.48 Å². The number of ether oxygens (including phenoxy) is 2. The fraction of sp³-hybridized carbons (Fsp3) is 0.250. The molecule has 0 atom stereocenters. The van der Waals surface area contributed by atoms with Crippen molar-refractivity contribution in [2.75, 3.05) is 19.0 Å². The second-order valence-electron chi connectivity index (χ2n) is 8.07. The molecule has 0 aliphatic carbocycles. The first-order chi connectivity index (χ1) is 15.7. The molecule has 0 saturated heterocycles. The molecule has 9 nitrogen and oxygen atoms in total. The number of carbonyl (C=O) groups excluding carboxylic acids is 3. The van der Waals surface area contributed by atoms with Gasteiger partial charge >= 0.3 is 12.1 Å². The number of hydrogen-bond donors (Lipinski definition) is 2. The summed E-state index contributed by atoms with van der Waals surface area (Å²) in [5, 5.41) is 9.83. The molecule has 0 unspecified atom stereocenters. The van der Waals surface area contributed by atoms with Crippen molar-refractivity contribution in [3.05, 3.63) is 66.2 Å². The molecular weight excluding hydrogens is 424 g/mol. The summed E-state index contributed by atoms with van der Waals surface area (Å²) in [6.07, 6.45) is -0.749. The van der Waals surface area contributed by atoms with Gasteiger partial charge in [-0.3, -0.25) is 14.9 Å². The number of rotatable bonds is 6. The Balaban J connectivity index is 2.17. The highest BCUT2D eigenvalue weighted by Crippen LogP contribution is 2.31. The highest BCUT2D eigenvalue weighted by molar-refractivity contribution is 6.07. The summed E-state index contributed by atoms with van der Waals surface area (Å²) in [5.74, 6) is -1.11. The van der Waals surface area contributed by atoms with Crippen LogP contribution in [0.2, 0.25) is 0 Å². The number of nitrogens with zero attached hydrogens (tertiary/aromatic N) is 2. The van der Waals surface area contributed by atoms with Gasteiger partial charge in [0, 0.05) is 5.56 Å². The Hall–Kier alpha value is -4.14. The molecule has 0 bridgehead atoms. The van der Waals surface area contributed by atoms with Crippen molar-refractivity contribution in [3.8, 4) is 16.9 Å². The van der Waals surface area contributed by atoms with Crippen LogP contribution in [0.4, 0.5) is 10.6 Å². The lowest BCUT2D eigenvalue weighted by Gasteiger charge is -2.20. The summed E-state index contributed by atoms with van der Waals surface area (Å²) < 4.78 is 11.5. The van der Waals surface area contributed by atoms with E-state index in [1.54, 1.807) is 45.0 Å². The first-order valence-corrected chi connectivity index (χ1v) is 10.3. The maximum absolute atomic E-state index is 13.2. The Morgan fingerprint density at radius 1 is 0.970 bits per heavy atom. The van der Waals surface area contributed by atoms with Crippen molar-refractivity contribution in [2.45, 2.75) is 26.4 Å². The van der Waals surface area contributed by atoms with Crippen LogP contribution in [-0.4, -0.2) is 47.0 Å². The van der Waals surface area contributed by atoms with Crippen LogP contribution in [0.15, 0.2) is 60.7 Å². The van der Waals surface area contributed by atoms with Crippen molar-refractivity contribution >= 4 is 23.8 Å². The maximum atomic E-state index is 13.2. The van der Waals surface area contributed by atoms with Gasteiger partial charge < -0.3 is 14.8 Å². The average molecular weight is 450 g/mol. The number of hydrogen-bond acceptors (Lipinski definition) is 6. The second kappa shape index (κ2) is 9.99. The van der Waals surface area contributed by atoms with E-state index < -0.39 is 23.6 Å². The van der Waals surface area contributed by atoms with E-state index in [0.29, 0.717) is 16.9 Å². The number of benzene rings is 2. The first kappa shape index (κ1) is 23.5. The third-order valence-electron chi connectivity index (χ3n) is 4.40. The van der Waals surface area contributed by atoms with E-state index in [0.717, 1.165) is 0 Å². The molecule has 1 aromatic heterocycles. The summed E-state index contributed by atoms with van der Waals surface area (Å²) in [6, 6.07) is 18.1. The molecule has 1 heterocycles. The lowest BCUT2D eigenvalue weighted by atomic mass is 10.1. The summed E-state index contributed by atoms with van der Waals surface area (Å²) in [6.45, 7) is 4.87. The van der Waals surface area contributed by atoms with E-state index in [-0.39, 0.29) is 17.9 Å². The molecule has 3 aromatic rings. The summed E-state index contributed by atoms with van der Waals surface area (Å²) in [7, 11) is 1.23. The van der Waals surface area contributed by atoms with E-state index in [2.05, 4.69) is 20.5 Å². The highest BCUT2D eigenvalue weighted by atomic mass is 16.6. The molecule has 33 heavy (non-hydrogen) atoms.